The van der Waals surface area contributed by atoms with Crippen LogP contribution in [0.3, 0.4) is 0 Å². The van der Waals surface area contributed by atoms with Gasteiger partial charge in [0.05, 0.1) is 18.3 Å². The second-order valence-corrected chi connectivity index (χ2v) is 2.82. The molecule has 0 amide bonds. The van der Waals surface area contributed by atoms with Crippen molar-refractivity contribution in [3.05, 3.63) is 30.7 Å². The normalized spacial score (nSPS) is 10.4. The number of rotatable bonds is 1. The van der Waals surface area contributed by atoms with Crippen LogP contribution in [-0.2, 0) is 4.74 Å². The fraction of sp³-hybridized carbons (Fsp3) is 0.200. The summed E-state index contributed by atoms with van der Waals surface area (Å²) in [4.78, 5) is 15.4. The van der Waals surface area contributed by atoms with Gasteiger partial charge in [-0.15, -0.1) is 0 Å². The molecule has 0 N–H and O–H groups in total. The topological polar surface area (TPSA) is 44.1 Å². The van der Waals surface area contributed by atoms with Crippen LogP contribution in [-0.4, -0.2) is 22.3 Å². The van der Waals surface area contributed by atoms with Crippen LogP contribution in [0.2, 0.25) is 0 Å². The molecule has 0 saturated heterocycles. The van der Waals surface area contributed by atoms with Crippen LogP contribution in [0, 0.1) is 0 Å². The smallest absolute Gasteiger partial charge is 0.418 e. The zero-order valence-electron chi connectivity index (χ0n) is 7.80. The van der Waals surface area contributed by atoms with Crippen LogP contribution < -0.4 is 0 Å². The largest absolute Gasteiger partial charge is 0.449 e. The molecule has 2 aromatic heterocycles. The molecule has 0 aliphatic carbocycles. The fourth-order valence-corrected chi connectivity index (χ4v) is 1.33. The molecule has 2 heterocycles. The summed E-state index contributed by atoms with van der Waals surface area (Å²) in [7, 11) is 0. The molecule has 0 unspecified atom stereocenters. The molecule has 0 fully saturated rings. The summed E-state index contributed by atoms with van der Waals surface area (Å²) in [5.74, 6) is 0. The van der Waals surface area contributed by atoms with Crippen molar-refractivity contribution in [2.24, 2.45) is 0 Å². The van der Waals surface area contributed by atoms with E-state index in [2.05, 4.69) is 4.98 Å². The van der Waals surface area contributed by atoms with Gasteiger partial charge in [0.25, 0.3) is 0 Å². The summed E-state index contributed by atoms with van der Waals surface area (Å²) in [6.07, 6.45) is 4.66. The summed E-state index contributed by atoms with van der Waals surface area (Å²) >= 11 is 0. The molecular formula is C10H10N2O2. The lowest BCUT2D eigenvalue weighted by Crippen LogP contribution is -2.11. The van der Waals surface area contributed by atoms with E-state index in [1.54, 1.807) is 25.5 Å². The highest BCUT2D eigenvalue weighted by molar-refractivity contribution is 5.88. The van der Waals surface area contributed by atoms with Crippen LogP contribution in [0.15, 0.2) is 30.7 Å². The number of aromatic nitrogens is 2. The van der Waals surface area contributed by atoms with Gasteiger partial charge >= 0.3 is 6.09 Å². The maximum absolute atomic E-state index is 11.4. The van der Waals surface area contributed by atoms with E-state index in [0.29, 0.717) is 6.61 Å². The molecule has 2 rings (SSSR count). The van der Waals surface area contributed by atoms with Crippen molar-refractivity contribution in [3.8, 4) is 0 Å². The average molecular weight is 190 g/mol. The van der Waals surface area contributed by atoms with Crippen LogP contribution >= 0.6 is 0 Å². The van der Waals surface area contributed by atoms with Gasteiger partial charge in [-0.05, 0) is 19.1 Å². The van der Waals surface area contributed by atoms with Crippen LogP contribution in [0.4, 0.5) is 4.79 Å². The molecule has 0 saturated carbocycles. The first-order valence-corrected chi connectivity index (χ1v) is 4.41. The van der Waals surface area contributed by atoms with Crippen LogP contribution in [0.25, 0.3) is 10.9 Å². The number of carbonyl (C=O) groups excluding carboxylic acids is 1. The highest BCUT2D eigenvalue weighted by Crippen LogP contribution is 2.13. The minimum Gasteiger partial charge on any atom is -0.449 e. The van der Waals surface area contributed by atoms with Crippen molar-refractivity contribution < 1.29 is 9.53 Å². The van der Waals surface area contributed by atoms with Gasteiger partial charge in [-0.3, -0.25) is 9.55 Å². The van der Waals surface area contributed by atoms with E-state index in [9.17, 15) is 4.79 Å². The highest BCUT2D eigenvalue weighted by atomic mass is 16.5. The Bertz CT molecular complexity index is 462. The number of pyridine rings is 1. The van der Waals surface area contributed by atoms with Crippen LogP contribution in [0.5, 0.6) is 0 Å². The van der Waals surface area contributed by atoms with Gasteiger partial charge in [0.15, 0.2) is 0 Å². The van der Waals surface area contributed by atoms with Gasteiger partial charge in [-0.2, -0.15) is 0 Å². The minimum atomic E-state index is -0.365. The molecular weight excluding hydrogens is 180 g/mol. The monoisotopic (exact) mass is 190 g/mol. The minimum absolute atomic E-state index is 0.365. The highest BCUT2D eigenvalue weighted by Gasteiger charge is 2.08. The number of hydrogen-bond acceptors (Lipinski definition) is 3. The van der Waals surface area contributed by atoms with Crippen LogP contribution in [0.1, 0.15) is 6.92 Å². The van der Waals surface area contributed by atoms with Crippen molar-refractivity contribution in [3.63, 3.8) is 0 Å². The number of carbonyl (C=O) groups is 1. The average Bonchev–Trinajstić information content (AvgIpc) is 2.61. The number of nitrogens with zero attached hydrogens (tertiary/aromatic N) is 2. The van der Waals surface area contributed by atoms with Gasteiger partial charge < -0.3 is 4.74 Å². The Hall–Kier alpha value is -1.84. The number of ether oxygens (including phenoxy) is 1. The standard InChI is InChI=1S/C10H10N2O2/c1-2-14-10(13)12-6-4-8-3-5-11-7-9(8)12/h3-7H,2H2,1H3. The lowest BCUT2D eigenvalue weighted by molar-refractivity contribution is 0.155. The van der Waals surface area contributed by atoms with Crippen molar-refractivity contribution in [2.45, 2.75) is 6.92 Å². The SMILES string of the molecule is CCOC(=O)n1ccc2ccncc21. The van der Waals surface area contributed by atoms with Gasteiger partial charge in [0, 0.05) is 17.8 Å². The third-order valence-corrected chi connectivity index (χ3v) is 1.96. The van der Waals surface area contributed by atoms with E-state index in [0.717, 1.165) is 10.9 Å². The molecule has 4 heteroatoms. The van der Waals surface area contributed by atoms with Crippen molar-refractivity contribution in [1.82, 2.24) is 9.55 Å². The van der Waals surface area contributed by atoms with E-state index in [1.807, 2.05) is 12.1 Å². The Morgan fingerprint density at radius 2 is 2.43 bits per heavy atom. The molecule has 14 heavy (non-hydrogen) atoms. The lowest BCUT2D eigenvalue weighted by atomic mass is 10.3. The van der Waals surface area contributed by atoms with E-state index >= 15 is 0 Å². The molecule has 4 nitrogen and oxygen atoms in total. The van der Waals surface area contributed by atoms with Gasteiger partial charge in [0.2, 0.25) is 0 Å². The molecule has 0 aliphatic heterocycles. The molecule has 72 valence electrons. The third-order valence-electron chi connectivity index (χ3n) is 1.96. The maximum Gasteiger partial charge on any atom is 0.418 e. The van der Waals surface area contributed by atoms with E-state index in [-0.39, 0.29) is 6.09 Å². The Balaban J connectivity index is 2.47. The first kappa shape index (κ1) is 8.74. The second-order valence-electron chi connectivity index (χ2n) is 2.82. The van der Waals surface area contributed by atoms with Crippen molar-refractivity contribution in [2.75, 3.05) is 6.61 Å². The van der Waals surface area contributed by atoms with Gasteiger partial charge in [0.1, 0.15) is 0 Å². The molecule has 2 aromatic rings. The Morgan fingerprint density at radius 3 is 3.21 bits per heavy atom. The summed E-state index contributed by atoms with van der Waals surface area (Å²) < 4.78 is 6.34. The third kappa shape index (κ3) is 1.35. The summed E-state index contributed by atoms with van der Waals surface area (Å²) in [5.41, 5.74) is 0.769. The quantitative estimate of drug-likeness (QED) is 0.691. The molecule has 0 aliphatic rings. The van der Waals surface area contributed by atoms with E-state index < -0.39 is 0 Å². The summed E-state index contributed by atoms with van der Waals surface area (Å²) in [6, 6.07) is 3.71. The summed E-state index contributed by atoms with van der Waals surface area (Å²) in [6.45, 7) is 2.15. The second kappa shape index (κ2) is 3.49. The molecule has 0 radical (unpaired) electrons. The van der Waals surface area contributed by atoms with E-state index in [4.69, 9.17) is 4.74 Å². The number of fused-ring (bicyclic) bond motifs is 1. The Labute approximate surface area is 81.1 Å². The predicted molar refractivity (Wildman–Crippen MR) is 52.2 cm³/mol. The summed E-state index contributed by atoms with van der Waals surface area (Å²) in [5, 5.41) is 0.980. The Kier molecular flexibility index (Phi) is 2.18. The predicted octanol–water partition coefficient (Wildman–Crippen LogP) is 2.04. The lowest BCUT2D eigenvalue weighted by Gasteiger charge is -2.02. The molecule has 0 bridgehead atoms. The number of hydrogen-bond donors (Lipinski definition) is 0. The zero-order chi connectivity index (χ0) is 9.97. The first-order valence-electron chi connectivity index (χ1n) is 4.41. The van der Waals surface area contributed by atoms with Crippen molar-refractivity contribution >= 4 is 17.0 Å². The maximum atomic E-state index is 11.4. The molecule has 0 spiro atoms. The first-order chi connectivity index (χ1) is 6.83. The molecule has 0 atom stereocenters. The fourth-order valence-electron chi connectivity index (χ4n) is 1.33. The zero-order valence-corrected chi connectivity index (χ0v) is 7.80. The Morgan fingerprint density at radius 1 is 1.57 bits per heavy atom. The molecule has 0 aromatic carbocycles. The van der Waals surface area contributed by atoms with Crippen molar-refractivity contribution in [1.29, 1.82) is 0 Å². The van der Waals surface area contributed by atoms with Gasteiger partial charge in [-0.25, -0.2) is 4.79 Å². The van der Waals surface area contributed by atoms with Gasteiger partial charge in [-0.1, -0.05) is 0 Å². The van der Waals surface area contributed by atoms with E-state index in [1.165, 1.54) is 4.57 Å².